The third kappa shape index (κ3) is 3.71. The molecule has 0 aromatic heterocycles. The summed E-state index contributed by atoms with van der Waals surface area (Å²) in [4.78, 5) is 14.1. The molecule has 1 aliphatic heterocycles. The monoisotopic (exact) mass is 280 g/mol. The molecular formula is C15H21ClN2O. The van der Waals surface area contributed by atoms with Crippen LogP contribution in [0.25, 0.3) is 0 Å². The van der Waals surface area contributed by atoms with Crippen LogP contribution in [0.4, 0.5) is 0 Å². The van der Waals surface area contributed by atoms with E-state index in [1.165, 1.54) is 0 Å². The molecule has 2 atom stereocenters. The van der Waals surface area contributed by atoms with Gasteiger partial charge in [0.25, 0.3) is 0 Å². The number of rotatable bonds is 4. The Kier molecular flexibility index (Phi) is 4.83. The molecule has 0 aliphatic carbocycles. The molecular weight excluding hydrogens is 260 g/mol. The Morgan fingerprint density at radius 2 is 2.16 bits per heavy atom. The largest absolute Gasteiger partial charge is 0.339 e. The maximum absolute atomic E-state index is 12.3. The van der Waals surface area contributed by atoms with Crippen molar-refractivity contribution >= 4 is 17.5 Å². The van der Waals surface area contributed by atoms with Gasteiger partial charge in [-0.1, -0.05) is 23.7 Å². The van der Waals surface area contributed by atoms with Gasteiger partial charge >= 0.3 is 0 Å². The molecule has 0 bridgehead atoms. The fraction of sp³-hybridized carbons (Fsp3) is 0.533. The molecule has 2 rings (SSSR count). The molecule has 1 N–H and O–H groups in total. The zero-order valence-corrected chi connectivity index (χ0v) is 12.3. The minimum Gasteiger partial charge on any atom is -0.339 e. The highest BCUT2D eigenvalue weighted by molar-refractivity contribution is 6.30. The quantitative estimate of drug-likeness (QED) is 0.920. The van der Waals surface area contributed by atoms with E-state index in [1.54, 1.807) is 0 Å². The van der Waals surface area contributed by atoms with Crippen molar-refractivity contribution in [2.24, 2.45) is 5.92 Å². The highest BCUT2D eigenvalue weighted by Crippen LogP contribution is 2.23. The SMILES string of the molecule is CC(c1ccc(Cl)cc1)N(C)C(=O)CC1CCNC1. The number of carbonyl (C=O) groups excluding carboxylic acids is 1. The van der Waals surface area contributed by atoms with Crippen molar-refractivity contribution in [1.82, 2.24) is 10.2 Å². The molecule has 1 aliphatic rings. The Morgan fingerprint density at radius 3 is 2.74 bits per heavy atom. The lowest BCUT2D eigenvalue weighted by Crippen LogP contribution is -2.31. The topological polar surface area (TPSA) is 32.3 Å². The summed E-state index contributed by atoms with van der Waals surface area (Å²) in [6, 6.07) is 7.78. The van der Waals surface area contributed by atoms with Crippen LogP contribution in [0.15, 0.2) is 24.3 Å². The Balaban J connectivity index is 1.95. The lowest BCUT2D eigenvalue weighted by atomic mass is 10.0. The van der Waals surface area contributed by atoms with Crippen molar-refractivity contribution in [3.05, 3.63) is 34.9 Å². The molecule has 0 spiro atoms. The van der Waals surface area contributed by atoms with Crippen molar-refractivity contribution in [1.29, 1.82) is 0 Å². The van der Waals surface area contributed by atoms with Gasteiger partial charge < -0.3 is 10.2 Å². The van der Waals surface area contributed by atoms with Crippen LogP contribution < -0.4 is 5.32 Å². The predicted octanol–water partition coefficient (Wildman–Crippen LogP) is 2.86. The summed E-state index contributed by atoms with van der Waals surface area (Å²) < 4.78 is 0. The molecule has 4 heteroatoms. The molecule has 1 heterocycles. The highest BCUT2D eigenvalue weighted by atomic mass is 35.5. The van der Waals surface area contributed by atoms with Gasteiger partial charge in [-0.05, 0) is 50.0 Å². The lowest BCUT2D eigenvalue weighted by molar-refractivity contribution is -0.132. The second-order valence-electron chi connectivity index (χ2n) is 5.30. The number of nitrogens with one attached hydrogen (secondary N) is 1. The van der Waals surface area contributed by atoms with E-state index >= 15 is 0 Å². The van der Waals surface area contributed by atoms with Gasteiger partial charge in [0.05, 0.1) is 6.04 Å². The summed E-state index contributed by atoms with van der Waals surface area (Å²) in [5, 5.41) is 4.02. The summed E-state index contributed by atoms with van der Waals surface area (Å²) in [7, 11) is 1.88. The molecule has 19 heavy (non-hydrogen) atoms. The van der Waals surface area contributed by atoms with E-state index in [4.69, 9.17) is 11.6 Å². The molecule has 3 nitrogen and oxygen atoms in total. The third-order valence-corrected chi connectivity index (χ3v) is 4.20. The van der Waals surface area contributed by atoms with Crippen LogP contribution in [0, 0.1) is 5.92 Å². The average Bonchev–Trinajstić information content (AvgIpc) is 2.90. The summed E-state index contributed by atoms with van der Waals surface area (Å²) in [5.41, 5.74) is 1.12. The number of carbonyl (C=O) groups is 1. The second-order valence-corrected chi connectivity index (χ2v) is 5.73. The van der Waals surface area contributed by atoms with Gasteiger partial charge in [-0.25, -0.2) is 0 Å². The first-order valence-electron chi connectivity index (χ1n) is 6.79. The van der Waals surface area contributed by atoms with Gasteiger partial charge in [0.1, 0.15) is 0 Å². The maximum atomic E-state index is 12.3. The summed E-state index contributed by atoms with van der Waals surface area (Å²) in [6.45, 7) is 4.05. The number of amides is 1. The van der Waals surface area contributed by atoms with Gasteiger partial charge in [-0.15, -0.1) is 0 Å². The number of hydrogen-bond donors (Lipinski definition) is 1. The fourth-order valence-electron chi connectivity index (χ4n) is 2.46. The zero-order valence-electron chi connectivity index (χ0n) is 11.5. The molecule has 1 fully saturated rings. The molecule has 1 aromatic carbocycles. The smallest absolute Gasteiger partial charge is 0.223 e. The molecule has 2 unspecified atom stereocenters. The van der Waals surface area contributed by atoms with Crippen molar-refractivity contribution in [3.63, 3.8) is 0 Å². The van der Waals surface area contributed by atoms with Gasteiger partial charge in [0.2, 0.25) is 5.91 Å². The Bertz CT molecular complexity index is 426. The molecule has 1 aromatic rings. The van der Waals surface area contributed by atoms with Crippen molar-refractivity contribution in [3.8, 4) is 0 Å². The predicted molar refractivity (Wildman–Crippen MR) is 78.2 cm³/mol. The number of halogens is 1. The summed E-state index contributed by atoms with van der Waals surface area (Å²) in [6.07, 6.45) is 1.75. The van der Waals surface area contributed by atoms with Crippen LogP contribution in [0.5, 0.6) is 0 Å². The van der Waals surface area contributed by atoms with E-state index < -0.39 is 0 Å². The van der Waals surface area contributed by atoms with Gasteiger partial charge in [-0.3, -0.25) is 4.79 Å². The van der Waals surface area contributed by atoms with Crippen LogP contribution in [0.3, 0.4) is 0 Å². The first kappa shape index (κ1) is 14.4. The van der Waals surface area contributed by atoms with Crippen molar-refractivity contribution in [2.45, 2.75) is 25.8 Å². The normalized spacial score (nSPS) is 20.3. The first-order valence-corrected chi connectivity index (χ1v) is 7.17. The van der Waals surface area contributed by atoms with Crippen LogP contribution >= 0.6 is 11.6 Å². The van der Waals surface area contributed by atoms with E-state index in [0.29, 0.717) is 12.3 Å². The van der Waals surface area contributed by atoms with Crippen LogP contribution in [0.1, 0.15) is 31.4 Å². The molecule has 0 radical (unpaired) electrons. The summed E-state index contributed by atoms with van der Waals surface area (Å²) >= 11 is 5.88. The number of nitrogens with zero attached hydrogens (tertiary/aromatic N) is 1. The van der Waals surface area contributed by atoms with Crippen LogP contribution in [0.2, 0.25) is 5.02 Å². The number of benzene rings is 1. The zero-order chi connectivity index (χ0) is 13.8. The lowest BCUT2D eigenvalue weighted by Gasteiger charge is -2.26. The first-order chi connectivity index (χ1) is 9.08. The Labute approximate surface area is 119 Å². The van der Waals surface area contributed by atoms with E-state index in [0.717, 1.165) is 30.1 Å². The number of hydrogen-bond acceptors (Lipinski definition) is 2. The second kappa shape index (κ2) is 6.40. The average molecular weight is 281 g/mol. The Hall–Kier alpha value is -1.06. The minimum atomic E-state index is 0.0825. The minimum absolute atomic E-state index is 0.0825. The van der Waals surface area contributed by atoms with Crippen LogP contribution in [-0.4, -0.2) is 30.9 Å². The van der Waals surface area contributed by atoms with E-state index in [1.807, 2.05) is 43.1 Å². The van der Waals surface area contributed by atoms with Gasteiger partial charge in [0, 0.05) is 18.5 Å². The van der Waals surface area contributed by atoms with Gasteiger partial charge in [-0.2, -0.15) is 0 Å². The van der Waals surface area contributed by atoms with Gasteiger partial charge in [0.15, 0.2) is 0 Å². The van der Waals surface area contributed by atoms with E-state index in [-0.39, 0.29) is 11.9 Å². The van der Waals surface area contributed by atoms with Crippen LogP contribution in [-0.2, 0) is 4.79 Å². The maximum Gasteiger partial charge on any atom is 0.223 e. The third-order valence-electron chi connectivity index (χ3n) is 3.95. The Morgan fingerprint density at radius 1 is 1.47 bits per heavy atom. The molecule has 1 amide bonds. The standard InChI is InChI=1S/C15H21ClN2O/c1-11(13-3-5-14(16)6-4-13)18(2)15(19)9-12-7-8-17-10-12/h3-6,11-12,17H,7-10H2,1-2H3. The molecule has 104 valence electrons. The molecule has 1 saturated heterocycles. The van der Waals surface area contributed by atoms with E-state index in [9.17, 15) is 4.79 Å². The highest BCUT2D eigenvalue weighted by Gasteiger charge is 2.23. The van der Waals surface area contributed by atoms with Crippen molar-refractivity contribution in [2.75, 3.05) is 20.1 Å². The summed E-state index contributed by atoms with van der Waals surface area (Å²) in [5.74, 6) is 0.712. The molecule has 0 saturated carbocycles. The van der Waals surface area contributed by atoms with Crippen molar-refractivity contribution < 1.29 is 4.79 Å². The van der Waals surface area contributed by atoms with E-state index in [2.05, 4.69) is 5.32 Å². The fourth-order valence-corrected chi connectivity index (χ4v) is 2.59.